The molecule has 1 fully saturated rings. The van der Waals surface area contributed by atoms with Crippen LogP contribution in [0.25, 0.3) is 0 Å². The van der Waals surface area contributed by atoms with E-state index in [1.165, 1.54) is 22.3 Å². The van der Waals surface area contributed by atoms with Gasteiger partial charge in [0, 0.05) is 38.3 Å². The second-order valence-electron chi connectivity index (χ2n) is 6.18. The van der Waals surface area contributed by atoms with Gasteiger partial charge in [-0.3, -0.25) is 4.79 Å². The molecule has 1 saturated heterocycles. The molecule has 2 heterocycles. The number of hydrogen-bond acceptors (Lipinski definition) is 5. The van der Waals surface area contributed by atoms with Gasteiger partial charge in [0.15, 0.2) is 6.20 Å². The summed E-state index contributed by atoms with van der Waals surface area (Å²) in [5, 5.41) is 12.1. The number of thioether (sulfide) groups is 1. The molecule has 9 heteroatoms. The highest BCUT2D eigenvalue weighted by Crippen LogP contribution is 2.16. The van der Waals surface area contributed by atoms with Crippen molar-refractivity contribution in [2.75, 3.05) is 31.9 Å². The first kappa shape index (κ1) is 19.7. The molecule has 1 aromatic carbocycles. The van der Waals surface area contributed by atoms with Crippen LogP contribution in [0.3, 0.4) is 0 Å². The summed E-state index contributed by atoms with van der Waals surface area (Å²) in [4.78, 5) is 14.0. The number of hydrogen-bond donors (Lipinski definition) is 0. The summed E-state index contributed by atoms with van der Waals surface area (Å²) >= 11 is 1.18. The van der Waals surface area contributed by atoms with Gasteiger partial charge in [0.25, 0.3) is 5.03 Å². The average molecular weight is 408 g/mol. The van der Waals surface area contributed by atoms with Crippen LogP contribution < -0.4 is 4.73 Å². The number of carbonyl (C=O) groups excluding carboxylic acids is 1. The Morgan fingerprint density at radius 3 is 2.37 bits per heavy atom. The summed E-state index contributed by atoms with van der Waals surface area (Å²) in [7, 11) is -3.40. The van der Waals surface area contributed by atoms with Crippen molar-refractivity contribution in [3.05, 3.63) is 65.5 Å². The number of benzene rings is 1. The van der Waals surface area contributed by atoms with Gasteiger partial charge in [-0.25, -0.2) is 8.42 Å². The lowest BCUT2D eigenvalue weighted by molar-refractivity contribution is -0.645. The van der Waals surface area contributed by atoms with E-state index in [1.54, 1.807) is 35.2 Å². The van der Waals surface area contributed by atoms with Crippen molar-refractivity contribution in [1.29, 1.82) is 0 Å². The molecule has 0 saturated carbocycles. The minimum Gasteiger partial charge on any atom is -0.618 e. The molecule has 1 aliphatic heterocycles. The van der Waals surface area contributed by atoms with E-state index in [9.17, 15) is 18.4 Å². The predicted octanol–water partition coefficient (Wildman–Crippen LogP) is 1.09. The molecule has 0 aliphatic carbocycles. The van der Waals surface area contributed by atoms with Crippen LogP contribution >= 0.6 is 11.8 Å². The largest absolute Gasteiger partial charge is 0.618 e. The molecule has 0 N–H and O–H groups in total. The third-order valence-corrected chi connectivity index (χ3v) is 7.16. The van der Waals surface area contributed by atoms with Gasteiger partial charge in [-0.15, -0.1) is 0 Å². The van der Waals surface area contributed by atoms with E-state index >= 15 is 0 Å². The Hall–Kier alpha value is -2.10. The summed E-state index contributed by atoms with van der Waals surface area (Å²) in [5.74, 6) is 0.0296. The number of piperazine rings is 1. The molecular formula is C18H21N3O4S2. The molecule has 0 atom stereocenters. The van der Waals surface area contributed by atoms with Gasteiger partial charge < -0.3 is 10.1 Å². The lowest BCUT2D eigenvalue weighted by atomic mass is 10.2. The summed E-state index contributed by atoms with van der Waals surface area (Å²) in [5.41, 5.74) is 0.751. The van der Waals surface area contributed by atoms with Crippen molar-refractivity contribution in [1.82, 2.24) is 9.21 Å². The van der Waals surface area contributed by atoms with E-state index in [0.717, 1.165) is 10.3 Å². The van der Waals surface area contributed by atoms with Gasteiger partial charge in [-0.1, -0.05) is 30.3 Å². The molecule has 3 rings (SSSR count). The van der Waals surface area contributed by atoms with Gasteiger partial charge >= 0.3 is 0 Å². The van der Waals surface area contributed by atoms with Crippen molar-refractivity contribution in [2.24, 2.45) is 0 Å². The van der Waals surface area contributed by atoms with Gasteiger partial charge in [0.05, 0.1) is 11.5 Å². The normalized spacial score (nSPS) is 15.6. The first-order valence-electron chi connectivity index (χ1n) is 8.56. The first-order valence-corrected chi connectivity index (χ1v) is 11.2. The van der Waals surface area contributed by atoms with Crippen LogP contribution in [0.1, 0.15) is 5.56 Å². The Morgan fingerprint density at radius 1 is 1.04 bits per heavy atom. The van der Waals surface area contributed by atoms with E-state index in [-0.39, 0.29) is 17.4 Å². The Labute approximate surface area is 163 Å². The zero-order valence-electron chi connectivity index (χ0n) is 14.7. The summed E-state index contributed by atoms with van der Waals surface area (Å²) in [6.45, 7) is 1.30. The second-order valence-corrected chi connectivity index (χ2v) is 9.14. The van der Waals surface area contributed by atoms with E-state index in [2.05, 4.69) is 0 Å². The first-order chi connectivity index (χ1) is 13.0. The van der Waals surface area contributed by atoms with Crippen molar-refractivity contribution in [3.8, 4) is 0 Å². The van der Waals surface area contributed by atoms with Crippen LogP contribution in [0, 0.1) is 5.21 Å². The number of pyridine rings is 1. The molecule has 2 aromatic rings. The Morgan fingerprint density at radius 2 is 1.70 bits per heavy atom. The fourth-order valence-electron chi connectivity index (χ4n) is 2.84. The van der Waals surface area contributed by atoms with Crippen LogP contribution in [0.4, 0.5) is 0 Å². The molecule has 0 bridgehead atoms. The van der Waals surface area contributed by atoms with Gasteiger partial charge in [-0.05, 0) is 23.4 Å². The third kappa shape index (κ3) is 5.21. The lowest BCUT2D eigenvalue weighted by Crippen LogP contribution is -2.51. The second kappa shape index (κ2) is 8.73. The lowest BCUT2D eigenvalue weighted by Gasteiger charge is -2.34. The average Bonchev–Trinajstić information content (AvgIpc) is 2.68. The van der Waals surface area contributed by atoms with E-state index in [1.807, 2.05) is 18.2 Å². The smallest absolute Gasteiger partial charge is 0.251 e. The summed E-state index contributed by atoms with van der Waals surface area (Å²) in [6, 6.07) is 14.1. The summed E-state index contributed by atoms with van der Waals surface area (Å²) < 4.78 is 27.3. The van der Waals surface area contributed by atoms with Crippen molar-refractivity contribution >= 4 is 27.7 Å². The number of nitrogens with zero attached hydrogens (tertiary/aromatic N) is 3. The zero-order valence-corrected chi connectivity index (χ0v) is 16.4. The highest BCUT2D eigenvalue weighted by molar-refractivity contribution is 7.99. The summed E-state index contributed by atoms with van der Waals surface area (Å²) in [6.07, 6.45) is 1.39. The van der Waals surface area contributed by atoms with Crippen LogP contribution in [0.2, 0.25) is 0 Å². The van der Waals surface area contributed by atoms with Crippen molar-refractivity contribution in [2.45, 2.75) is 10.8 Å². The van der Waals surface area contributed by atoms with Crippen LogP contribution in [-0.4, -0.2) is 55.5 Å². The Balaban J connectivity index is 1.50. The monoisotopic (exact) mass is 407 g/mol. The van der Waals surface area contributed by atoms with Gasteiger partial charge in [0.2, 0.25) is 15.9 Å². The number of amides is 1. The predicted molar refractivity (Wildman–Crippen MR) is 103 cm³/mol. The Bertz CT molecular complexity index is 882. The minimum absolute atomic E-state index is 0.0326. The highest BCUT2D eigenvalue weighted by atomic mass is 32.2. The minimum atomic E-state index is -3.40. The fraction of sp³-hybridized carbons (Fsp3) is 0.333. The van der Waals surface area contributed by atoms with Gasteiger partial charge in [-0.2, -0.15) is 9.04 Å². The number of rotatable bonds is 6. The maximum atomic E-state index is 12.6. The van der Waals surface area contributed by atoms with E-state index in [0.29, 0.717) is 31.2 Å². The van der Waals surface area contributed by atoms with Crippen LogP contribution in [0.5, 0.6) is 0 Å². The van der Waals surface area contributed by atoms with E-state index in [4.69, 9.17) is 0 Å². The number of carbonyl (C=O) groups is 1. The number of sulfonamides is 1. The molecule has 1 aromatic heterocycles. The zero-order chi connectivity index (χ0) is 19.3. The third-order valence-electron chi connectivity index (χ3n) is 4.31. The SMILES string of the molecule is O=C(CSc1cccc[n+]1[O-])N1CCN(S(=O)(=O)Cc2ccccc2)CC1. The molecule has 1 amide bonds. The van der Waals surface area contributed by atoms with Gasteiger partial charge in [0.1, 0.15) is 0 Å². The number of aromatic nitrogens is 1. The maximum Gasteiger partial charge on any atom is 0.251 e. The van der Waals surface area contributed by atoms with Crippen LogP contribution in [0.15, 0.2) is 59.8 Å². The maximum absolute atomic E-state index is 12.6. The highest BCUT2D eigenvalue weighted by Gasteiger charge is 2.29. The molecule has 144 valence electrons. The topological polar surface area (TPSA) is 84.6 Å². The molecule has 27 heavy (non-hydrogen) atoms. The Kier molecular flexibility index (Phi) is 6.35. The van der Waals surface area contributed by atoms with Crippen molar-refractivity contribution in [3.63, 3.8) is 0 Å². The molecule has 1 aliphatic rings. The standard InChI is InChI=1S/C18H21N3O4S2/c22-17(14-26-18-8-4-5-9-21(18)23)19-10-12-20(13-11-19)27(24,25)15-16-6-2-1-3-7-16/h1-9H,10-15H2. The molecule has 0 unspecified atom stereocenters. The fourth-order valence-corrected chi connectivity index (χ4v) is 5.18. The molecule has 0 spiro atoms. The quantitative estimate of drug-likeness (QED) is 0.407. The molecule has 0 radical (unpaired) electrons. The molecular weight excluding hydrogens is 386 g/mol. The van der Waals surface area contributed by atoms with Crippen LogP contribution in [-0.2, 0) is 20.6 Å². The van der Waals surface area contributed by atoms with E-state index < -0.39 is 10.0 Å². The molecule has 7 nitrogen and oxygen atoms in total. The van der Waals surface area contributed by atoms with Crippen molar-refractivity contribution < 1.29 is 17.9 Å².